The number of aromatic nitrogens is 1. The summed E-state index contributed by atoms with van der Waals surface area (Å²) in [6.07, 6.45) is -4.41. The van der Waals surface area contributed by atoms with Crippen molar-refractivity contribution in [2.45, 2.75) is 32.6 Å². The van der Waals surface area contributed by atoms with Gasteiger partial charge in [0.25, 0.3) is 5.91 Å². The van der Waals surface area contributed by atoms with Crippen LogP contribution in [0.2, 0.25) is 0 Å². The zero-order chi connectivity index (χ0) is 22.2. The minimum absolute atomic E-state index is 0.0142. The SMILES string of the molecule is Cc1cc2c(cc(C(=O)NCc3cccc(C(F)(F)F)c3)n2[C@@H](C)c2ccccc2)s1. The summed E-state index contributed by atoms with van der Waals surface area (Å²) in [7, 11) is 0. The lowest BCUT2D eigenvalue weighted by Crippen LogP contribution is -2.26. The van der Waals surface area contributed by atoms with Crippen LogP contribution in [0.15, 0.2) is 66.7 Å². The van der Waals surface area contributed by atoms with E-state index < -0.39 is 11.7 Å². The topological polar surface area (TPSA) is 34.0 Å². The number of alkyl halides is 3. The van der Waals surface area contributed by atoms with E-state index in [0.29, 0.717) is 11.3 Å². The second-order valence-electron chi connectivity index (χ2n) is 7.47. The molecule has 160 valence electrons. The first-order valence-electron chi connectivity index (χ1n) is 9.84. The van der Waals surface area contributed by atoms with E-state index >= 15 is 0 Å². The van der Waals surface area contributed by atoms with Crippen molar-refractivity contribution in [3.05, 3.63) is 94.0 Å². The molecule has 4 aromatic rings. The minimum Gasteiger partial charge on any atom is -0.347 e. The van der Waals surface area contributed by atoms with Crippen molar-refractivity contribution in [3.63, 3.8) is 0 Å². The number of halogens is 3. The molecular weight excluding hydrogens is 421 g/mol. The fraction of sp³-hybridized carbons (Fsp3) is 0.208. The third-order valence-corrected chi connectivity index (χ3v) is 6.25. The molecule has 1 amide bonds. The number of fused-ring (bicyclic) bond motifs is 1. The number of aryl methyl sites for hydroxylation is 1. The molecule has 2 aromatic carbocycles. The van der Waals surface area contributed by atoms with Crippen LogP contribution in [0, 0.1) is 6.92 Å². The van der Waals surface area contributed by atoms with Crippen molar-refractivity contribution in [1.82, 2.24) is 9.88 Å². The largest absolute Gasteiger partial charge is 0.416 e. The van der Waals surface area contributed by atoms with Crippen molar-refractivity contribution >= 4 is 27.5 Å². The fourth-order valence-corrected chi connectivity index (χ4v) is 4.69. The molecule has 3 nitrogen and oxygen atoms in total. The molecule has 0 aliphatic rings. The maximum Gasteiger partial charge on any atom is 0.416 e. The molecule has 2 heterocycles. The van der Waals surface area contributed by atoms with Gasteiger partial charge in [-0.3, -0.25) is 4.79 Å². The number of carbonyl (C=O) groups excluding carboxylic acids is 1. The summed E-state index contributed by atoms with van der Waals surface area (Å²) < 4.78 is 41.9. The molecule has 0 fully saturated rings. The molecule has 0 aliphatic heterocycles. The van der Waals surface area contributed by atoms with Gasteiger partial charge >= 0.3 is 6.18 Å². The van der Waals surface area contributed by atoms with Gasteiger partial charge in [-0.05, 0) is 49.2 Å². The number of nitrogens with zero attached hydrogens (tertiary/aromatic N) is 1. The summed E-state index contributed by atoms with van der Waals surface area (Å²) in [6.45, 7) is 4.07. The zero-order valence-corrected chi connectivity index (χ0v) is 17.8. The summed E-state index contributed by atoms with van der Waals surface area (Å²) in [5, 5.41) is 2.78. The predicted molar refractivity (Wildman–Crippen MR) is 117 cm³/mol. The van der Waals surface area contributed by atoms with E-state index in [1.807, 2.05) is 54.8 Å². The Bertz CT molecular complexity index is 1220. The third kappa shape index (κ3) is 4.37. The number of benzene rings is 2. The summed E-state index contributed by atoms with van der Waals surface area (Å²) in [4.78, 5) is 14.2. The monoisotopic (exact) mass is 442 g/mol. The van der Waals surface area contributed by atoms with Crippen LogP contribution in [0.25, 0.3) is 10.2 Å². The number of hydrogen-bond donors (Lipinski definition) is 1. The van der Waals surface area contributed by atoms with Crippen LogP contribution in [0.3, 0.4) is 0 Å². The van der Waals surface area contributed by atoms with E-state index in [1.54, 1.807) is 17.4 Å². The highest BCUT2D eigenvalue weighted by molar-refractivity contribution is 7.19. The second kappa shape index (κ2) is 8.23. The van der Waals surface area contributed by atoms with Crippen LogP contribution in [0.5, 0.6) is 0 Å². The number of rotatable bonds is 5. The first-order valence-corrected chi connectivity index (χ1v) is 10.7. The van der Waals surface area contributed by atoms with Gasteiger partial charge in [0.1, 0.15) is 5.69 Å². The predicted octanol–water partition coefficient (Wildman–Crippen LogP) is 6.57. The van der Waals surface area contributed by atoms with Crippen LogP contribution < -0.4 is 5.32 Å². The van der Waals surface area contributed by atoms with Crippen LogP contribution in [0.4, 0.5) is 13.2 Å². The molecule has 1 N–H and O–H groups in total. The fourth-order valence-electron chi connectivity index (χ4n) is 3.74. The summed E-state index contributed by atoms with van der Waals surface area (Å²) in [5.41, 5.74) is 2.20. The Morgan fingerprint density at radius 1 is 1.06 bits per heavy atom. The number of carbonyl (C=O) groups is 1. The van der Waals surface area contributed by atoms with Gasteiger partial charge in [-0.1, -0.05) is 42.5 Å². The van der Waals surface area contributed by atoms with Crippen molar-refractivity contribution in [2.75, 3.05) is 0 Å². The maximum absolute atomic E-state index is 13.1. The van der Waals surface area contributed by atoms with Crippen LogP contribution in [-0.4, -0.2) is 10.5 Å². The van der Waals surface area contributed by atoms with Crippen LogP contribution >= 0.6 is 11.3 Å². The lowest BCUT2D eigenvalue weighted by molar-refractivity contribution is -0.137. The number of thiophene rings is 1. The molecule has 2 aromatic heterocycles. The Kier molecular flexibility index (Phi) is 5.62. The summed E-state index contributed by atoms with van der Waals surface area (Å²) in [5.74, 6) is -0.318. The molecule has 7 heteroatoms. The van der Waals surface area contributed by atoms with Gasteiger partial charge in [0.2, 0.25) is 0 Å². The highest BCUT2D eigenvalue weighted by Crippen LogP contribution is 2.33. The summed E-state index contributed by atoms with van der Waals surface area (Å²) in [6, 6.07) is 18.7. The minimum atomic E-state index is -4.41. The van der Waals surface area contributed by atoms with Crippen molar-refractivity contribution in [3.8, 4) is 0 Å². The van der Waals surface area contributed by atoms with E-state index in [1.165, 1.54) is 6.07 Å². The highest BCUT2D eigenvalue weighted by Gasteiger charge is 2.30. The quantitative estimate of drug-likeness (QED) is 0.373. The third-order valence-electron chi connectivity index (χ3n) is 5.26. The number of nitrogens with one attached hydrogen (secondary N) is 1. The molecule has 1 atom stereocenters. The second-order valence-corrected chi connectivity index (χ2v) is 8.76. The molecule has 0 saturated carbocycles. The normalized spacial score (nSPS) is 12.8. The zero-order valence-electron chi connectivity index (χ0n) is 17.0. The van der Waals surface area contributed by atoms with Crippen molar-refractivity contribution in [1.29, 1.82) is 0 Å². The smallest absolute Gasteiger partial charge is 0.347 e. The van der Waals surface area contributed by atoms with E-state index in [2.05, 4.69) is 11.4 Å². The Morgan fingerprint density at radius 2 is 1.81 bits per heavy atom. The number of hydrogen-bond acceptors (Lipinski definition) is 2. The van der Waals surface area contributed by atoms with Gasteiger partial charge in [0.05, 0.1) is 21.8 Å². The average molecular weight is 443 g/mol. The Balaban J connectivity index is 1.63. The molecule has 0 unspecified atom stereocenters. The van der Waals surface area contributed by atoms with E-state index in [0.717, 1.165) is 32.8 Å². The van der Waals surface area contributed by atoms with Gasteiger partial charge in [0.15, 0.2) is 0 Å². The lowest BCUT2D eigenvalue weighted by Gasteiger charge is -2.19. The standard InChI is InChI=1S/C24H21F3N2OS/c1-15-11-20-22(31-15)13-21(29(20)16(2)18-8-4-3-5-9-18)23(30)28-14-17-7-6-10-19(12-17)24(25,26)27/h3-13,16H,14H2,1-2H3,(H,28,30)/t16-/m0/s1. The van der Waals surface area contributed by atoms with E-state index in [4.69, 9.17) is 0 Å². The first-order chi connectivity index (χ1) is 14.7. The molecule has 0 saturated heterocycles. The van der Waals surface area contributed by atoms with E-state index in [9.17, 15) is 18.0 Å². The Morgan fingerprint density at radius 3 is 2.52 bits per heavy atom. The Hall–Kier alpha value is -3.06. The molecule has 0 bridgehead atoms. The first kappa shape index (κ1) is 21.2. The van der Waals surface area contributed by atoms with E-state index in [-0.39, 0.29) is 18.5 Å². The van der Waals surface area contributed by atoms with Crippen LogP contribution in [0.1, 0.15) is 45.0 Å². The molecular formula is C24H21F3N2OS. The molecule has 0 aliphatic carbocycles. The molecule has 0 radical (unpaired) electrons. The molecule has 0 spiro atoms. The summed E-state index contributed by atoms with van der Waals surface area (Å²) >= 11 is 1.61. The van der Waals surface area contributed by atoms with Crippen LogP contribution in [-0.2, 0) is 12.7 Å². The number of amides is 1. The lowest BCUT2D eigenvalue weighted by atomic mass is 10.1. The Labute approximate surface area is 182 Å². The van der Waals surface area contributed by atoms with Gasteiger partial charge in [-0.2, -0.15) is 13.2 Å². The molecule has 31 heavy (non-hydrogen) atoms. The highest BCUT2D eigenvalue weighted by atomic mass is 32.1. The van der Waals surface area contributed by atoms with Gasteiger partial charge in [0, 0.05) is 11.4 Å². The molecule has 4 rings (SSSR count). The van der Waals surface area contributed by atoms with Gasteiger partial charge < -0.3 is 9.88 Å². The van der Waals surface area contributed by atoms with Gasteiger partial charge in [-0.25, -0.2) is 0 Å². The van der Waals surface area contributed by atoms with Crippen molar-refractivity contribution < 1.29 is 18.0 Å². The maximum atomic E-state index is 13.1. The van der Waals surface area contributed by atoms with Gasteiger partial charge in [-0.15, -0.1) is 11.3 Å². The average Bonchev–Trinajstić information content (AvgIpc) is 3.27. The van der Waals surface area contributed by atoms with Crippen molar-refractivity contribution in [2.24, 2.45) is 0 Å².